The van der Waals surface area contributed by atoms with E-state index in [0.717, 1.165) is 0 Å². The second-order valence-corrected chi connectivity index (χ2v) is 3.54. The van der Waals surface area contributed by atoms with Crippen LogP contribution in [0.5, 0.6) is 0 Å². The van der Waals surface area contributed by atoms with Gasteiger partial charge in [0.05, 0.1) is 22.8 Å². The molecular weight excluding hydrogens is 226 g/mol. The minimum absolute atomic E-state index is 0.312. The quantitative estimate of drug-likeness (QED) is 0.760. The van der Waals surface area contributed by atoms with E-state index in [-0.39, 0.29) is 0 Å². The van der Waals surface area contributed by atoms with E-state index >= 15 is 0 Å². The van der Waals surface area contributed by atoms with E-state index in [9.17, 15) is 4.79 Å². The van der Waals surface area contributed by atoms with Crippen LogP contribution in [0.3, 0.4) is 0 Å². The zero-order valence-electron chi connectivity index (χ0n) is 9.21. The highest BCUT2D eigenvalue weighted by atomic mass is 35.5. The first-order valence-electron chi connectivity index (χ1n) is 5.04. The van der Waals surface area contributed by atoms with Crippen LogP contribution < -0.4 is 0 Å². The third-order valence-electron chi connectivity index (χ3n) is 2.22. The van der Waals surface area contributed by atoms with Gasteiger partial charge in [-0.2, -0.15) is 5.26 Å². The van der Waals surface area contributed by atoms with Crippen molar-refractivity contribution in [3.05, 3.63) is 33.8 Å². The van der Waals surface area contributed by atoms with E-state index in [1.807, 2.05) is 13.0 Å². The Bertz CT molecular complexity index is 449. The van der Waals surface area contributed by atoms with Gasteiger partial charge in [-0.1, -0.05) is 18.5 Å². The number of ether oxygens (including phenoxy) is 1. The van der Waals surface area contributed by atoms with Crippen molar-refractivity contribution in [1.82, 2.24) is 0 Å². The smallest absolute Gasteiger partial charge is 0.338 e. The Kier molecular flexibility index (Phi) is 4.33. The largest absolute Gasteiger partial charge is 0.462 e. The van der Waals surface area contributed by atoms with Crippen molar-refractivity contribution < 1.29 is 9.53 Å². The number of hydrogen-bond acceptors (Lipinski definition) is 3. The fourth-order valence-corrected chi connectivity index (χ4v) is 1.73. The van der Waals surface area contributed by atoms with Gasteiger partial charge in [0.1, 0.15) is 6.07 Å². The normalized spacial score (nSPS) is 9.62. The van der Waals surface area contributed by atoms with E-state index in [2.05, 4.69) is 0 Å². The number of nitrogens with zero attached hydrogens (tertiary/aromatic N) is 1. The maximum Gasteiger partial charge on any atom is 0.338 e. The molecule has 1 aromatic rings. The van der Waals surface area contributed by atoms with Crippen LogP contribution in [0.4, 0.5) is 0 Å². The van der Waals surface area contributed by atoms with Crippen molar-refractivity contribution in [2.24, 2.45) is 0 Å². The van der Waals surface area contributed by atoms with E-state index in [4.69, 9.17) is 21.6 Å². The second-order valence-electron chi connectivity index (χ2n) is 3.13. The van der Waals surface area contributed by atoms with Crippen LogP contribution >= 0.6 is 11.6 Å². The number of carbonyl (C=O) groups excluding carboxylic acids is 1. The summed E-state index contributed by atoms with van der Waals surface area (Å²) >= 11 is 5.89. The highest BCUT2D eigenvalue weighted by molar-refractivity contribution is 6.32. The number of halogens is 1. The molecule has 0 unspecified atom stereocenters. The van der Waals surface area contributed by atoms with Crippen molar-refractivity contribution in [1.29, 1.82) is 5.26 Å². The monoisotopic (exact) mass is 237 g/mol. The molecule has 16 heavy (non-hydrogen) atoms. The van der Waals surface area contributed by atoms with Gasteiger partial charge in [-0.3, -0.25) is 0 Å². The lowest BCUT2D eigenvalue weighted by Gasteiger charge is -2.09. The molecule has 0 bridgehead atoms. The fraction of sp³-hybridized carbons (Fsp3) is 0.333. The molecule has 0 radical (unpaired) electrons. The predicted octanol–water partition coefficient (Wildman–Crippen LogP) is 2.95. The predicted molar refractivity (Wildman–Crippen MR) is 61.5 cm³/mol. The highest BCUT2D eigenvalue weighted by Crippen LogP contribution is 2.24. The molecule has 0 aliphatic heterocycles. The van der Waals surface area contributed by atoms with E-state index in [0.29, 0.717) is 34.7 Å². The standard InChI is InChI=1S/C12H12ClNO2/c1-3-8-9(12(15)16-4-2)5-6-11(13)10(8)7-14/h5-6H,3-4H2,1-2H3. The van der Waals surface area contributed by atoms with Gasteiger partial charge in [-0.15, -0.1) is 0 Å². The summed E-state index contributed by atoms with van der Waals surface area (Å²) in [7, 11) is 0. The Hall–Kier alpha value is -1.53. The molecule has 0 heterocycles. The Morgan fingerprint density at radius 1 is 1.50 bits per heavy atom. The lowest BCUT2D eigenvalue weighted by Crippen LogP contribution is -2.09. The number of carbonyl (C=O) groups is 1. The third kappa shape index (κ3) is 2.34. The lowest BCUT2D eigenvalue weighted by molar-refractivity contribution is 0.0525. The van der Waals surface area contributed by atoms with Crippen LogP contribution in [-0.2, 0) is 11.2 Å². The van der Waals surface area contributed by atoms with E-state index < -0.39 is 5.97 Å². The molecule has 0 aliphatic rings. The summed E-state index contributed by atoms with van der Waals surface area (Å²) in [5.74, 6) is -0.410. The number of esters is 1. The van der Waals surface area contributed by atoms with Crippen molar-refractivity contribution in [2.75, 3.05) is 6.61 Å². The minimum atomic E-state index is -0.410. The zero-order valence-corrected chi connectivity index (χ0v) is 9.97. The minimum Gasteiger partial charge on any atom is -0.462 e. The number of rotatable bonds is 3. The highest BCUT2D eigenvalue weighted by Gasteiger charge is 2.16. The topological polar surface area (TPSA) is 50.1 Å². The Morgan fingerprint density at radius 3 is 2.69 bits per heavy atom. The van der Waals surface area contributed by atoms with Gasteiger partial charge in [0.15, 0.2) is 0 Å². The molecule has 0 aliphatic carbocycles. The number of hydrogen-bond donors (Lipinski definition) is 0. The van der Waals surface area contributed by atoms with Crippen molar-refractivity contribution in [2.45, 2.75) is 20.3 Å². The van der Waals surface area contributed by atoms with Gasteiger partial charge in [0, 0.05) is 0 Å². The van der Waals surface area contributed by atoms with Gasteiger partial charge in [-0.25, -0.2) is 4.79 Å². The van der Waals surface area contributed by atoms with Crippen molar-refractivity contribution >= 4 is 17.6 Å². The van der Waals surface area contributed by atoms with Crippen molar-refractivity contribution in [3.8, 4) is 6.07 Å². The molecule has 84 valence electrons. The number of nitriles is 1. The summed E-state index contributed by atoms with van der Waals surface area (Å²) in [6, 6.07) is 5.16. The molecule has 3 nitrogen and oxygen atoms in total. The summed E-state index contributed by atoms with van der Waals surface area (Å²) in [5.41, 5.74) is 1.42. The van der Waals surface area contributed by atoms with Gasteiger partial charge >= 0.3 is 5.97 Å². The molecule has 0 fully saturated rings. The summed E-state index contributed by atoms with van der Waals surface area (Å²) in [5, 5.41) is 9.35. The van der Waals surface area contributed by atoms with Crippen LogP contribution in [0.2, 0.25) is 5.02 Å². The molecule has 1 aromatic carbocycles. The van der Waals surface area contributed by atoms with Gasteiger partial charge in [0.2, 0.25) is 0 Å². The van der Waals surface area contributed by atoms with Crippen LogP contribution in [0.1, 0.15) is 35.3 Å². The molecule has 0 N–H and O–H groups in total. The molecule has 0 atom stereocenters. The van der Waals surface area contributed by atoms with Crippen LogP contribution in [0.15, 0.2) is 12.1 Å². The Balaban J connectivity index is 3.31. The molecule has 0 amide bonds. The molecule has 0 aromatic heterocycles. The summed E-state index contributed by atoms with van der Waals surface area (Å²) in [6.07, 6.45) is 0.567. The van der Waals surface area contributed by atoms with Crippen LogP contribution in [-0.4, -0.2) is 12.6 Å². The maximum atomic E-state index is 11.6. The van der Waals surface area contributed by atoms with Crippen molar-refractivity contribution in [3.63, 3.8) is 0 Å². The summed E-state index contributed by atoms with van der Waals surface area (Å²) < 4.78 is 4.92. The first kappa shape index (κ1) is 12.5. The van der Waals surface area contributed by atoms with Crippen LogP contribution in [0.25, 0.3) is 0 Å². The SMILES string of the molecule is CCOC(=O)c1ccc(Cl)c(C#N)c1CC. The molecule has 1 rings (SSSR count). The lowest BCUT2D eigenvalue weighted by atomic mass is 9.99. The van der Waals surface area contributed by atoms with E-state index in [1.165, 1.54) is 0 Å². The maximum absolute atomic E-state index is 11.6. The average molecular weight is 238 g/mol. The van der Waals surface area contributed by atoms with Gasteiger partial charge < -0.3 is 4.74 Å². The summed E-state index contributed by atoms with van der Waals surface area (Å²) in [6.45, 7) is 3.92. The Morgan fingerprint density at radius 2 is 2.19 bits per heavy atom. The third-order valence-corrected chi connectivity index (χ3v) is 2.54. The first-order valence-corrected chi connectivity index (χ1v) is 5.42. The van der Waals surface area contributed by atoms with E-state index in [1.54, 1.807) is 19.1 Å². The molecular formula is C12H12ClNO2. The number of benzene rings is 1. The molecule has 4 heteroatoms. The molecule has 0 saturated heterocycles. The average Bonchev–Trinajstić information content (AvgIpc) is 2.28. The summed E-state index contributed by atoms with van der Waals surface area (Å²) in [4.78, 5) is 11.6. The Labute approximate surface area is 99.6 Å². The van der Waals surface area contributed by atoms with Crippen LogP contribution in [0, 0.1) is 11.3 Å². The fourth-order valence-electron chi connectivity index (χ4n) is 1.51. The first-order chi connectivity index (χ1) is 7.65. The molecule has 0 spiro atoms. The second kappa shape index (κ2) is 5.53. The van der Waals surface area contributed by atoms with Gasteiger partial charge in [0.25, 0.3) is 0 Å². The molecule has 0 saturated carbocycles. The van der Waals surface area contributed by atoms with Gasteiger partial charge in [-0.05, 0) is 31.0 Å². The zero-order chi connectivity index (χ0) is 12.1.